The van der Waals surface area contributed by atoms with Crippen LogP contribution in [0.2, 0.25) is 0 Å². The minimum absolute atomic E-state index is 0. The highest BCUT2D eigenvalue weighted by atomic mass is 35.5. The van der Waals surface area contributed by atoms with E-state index >= 15 is 0 Å². The van der Waals surface area contributed by atoms with E-state index in [2.05, 4.69) is 29.3 Å². The molecule has 0 aliphatic carbocycles. The maximum atomic E-state index is 12.3. The van der Waals surface area contributed by atoms with Crippen LogP contribution in [0.1, 0.15) is 5.56 Å². The van der Waals surface area contributed by atoms with Gasteiger partial charge in [-0.05, 0) is 24.6 Å². The Kier molecular flexibility index (Phi) is 3.90. The number of aryl methyl sites for hydroxylation is 1. The Bertz CT molecular complexity index is 452. The van der Waals surface area contributed by atoms with Gasteiger partial charge in [0.1, 0.15) is 6.04 Å². The number of hydrogen-bond donors (Lipinski definition) is 1. The fourth-order valence-corrected chi connectivity index (χ4v) is 2.60. The first-order chi connectivity index (χ1) is 8.25. The largest absolute Gasteiger partial charge is 0.313 e. The summed E-state index contributed by atoms with van der Waals surface area (Å²) in [5, 5.41) is 3.28. The van der Waals surface area contributed by atoms with E-state index in [4.69, 9.17) is 0 Å². The lowest BCUT2D eigenvalue weighted by molar-refractivity contribution is -0.119. The maximum absolute atomic E-state index is 12.3. The molecule has 1 amide bonds. The minimum atomic E-state index is 0. The van der Waals surface area contributed by atoms with E-state index in [0.717, 1.165) is 32.0 Å². The van der Waals surface area contributed by atoms with Crippen LogP contribution in [0.15, 0.2) is 24.3 Å². The second-order valence-corrected chi connectivity index (χ2v) is 4.78. The first-order valence-electron chi connectivity index (χ1n) is 6.08. The van der Waals surface area contributed by atoms with Gasteiger partial charge in [0.2, 0.25) is 5.91 Å². The molecule has 1 aromatic carbocycles. The topological polar surface area (TPSA) is 35.6 Å². The molecule has 0 spiro atoms. The van der Waals surface area contributed by atoms with Crippen LogP contribution in [0.25, 0.3) is 0 Å². The Morgan fingerprint density at radius 1 is 1.39 bits per heavy atom. The van der Waals surface area contributed by atoms with Crippen LogP contribution in [-0.4, -0.2) is 43.2 Å². The lowest BCUT2D eigenvalue weighted by Gasteiger charge is -2.26. The van der Waals surface area contributed by atoms with E-state index in [0.29, 0.717) is 0 Å². The quantitative estimate of drug-likeness (QED) is 0.825. The first kappa shape index (κ1) is 13.3. The zero-order valence-electron chi connectivity index (χ0n) is 10.4. The fourth-order valence-electron chi connectivity index (χ4n) is 2.60. The van der Waals surface area contributed by atoms with Gasteiger partial charge >= 0.3 is 0 Å². The molecule has 2 aliphatic heterocycles. The van der Waals surface area contributed by atoms with E-state index in [1.165, 1.54) is 5.56 Å². The van der Waals surface area contributed by atoms with Crippen molar-refractivity contribution >= 4 is 24.0 Å². The zero-order valence-corrected chi connectivity index (χ0v) is 11.2. The highest BCUT2D eigenvalue weighted by molar-refractivity contribution is 5.99. The Morgan fingerprint density at radius 2 is 2.22 bits per heavy atom. The van der Waals surface area contributed by atoms with Crippen LogP contribution >= 0.6 is 12.4 Å². The number of fused-ring (bicyclic) bond motifs is 1. The monoisotopic (exact) mass is 267 g/mol. The summed E-state index contributed by atoms with van der Waals surface area (Å²) >= 11 is 0. The minimum Gasteiger partial charge on any atom is -0.313 e. The van der Waals surface area contributed by atoms with Crippen molar-refractivity contribution in [3.63, 3.8) is 0 Å². The Balaban J connectivity index is 0.00000120. The zero-order chi connectivity index (χ0) is 11.8. The third-order valence-corrected chi connectivity index (χ3v) is 3.54. The number of benzene rings is 1. The normalized spacial score (nSPS) is 23.7. The van der Waals surface area contributed by atoms with Crippen LogP contribution in [0, 0.1) is 6.92 Å². The van der Waals surface area contributed by atoms with Gasteiger partial charge in [0.15, 0.2) is 0 Å². The van der Waals surface area contributed by atoms with Crippen LogP contribution in [0.4, 0.5) is 5.69 Å². The van der Waals surface area contributed by atoms with Crippen LogP contribution in [0.3, 0.4) is 0 Å². The van der Waals surface area contributed by atoms with Crippen molar-refractivity contribution in [1.82, 2.24) is 10.2 Å². The maximum Gasteiger partial charge on any atom is 0.246 e. The summed E-state index contributed by atoms with van der Waals surface area (Å²) < 4.78 is 0. The third-order valence-electron chi connectivity index (χ3n) is 3.54. The number of piperazine rings is 1. The molecule has 2 aliphatic rings. The van der Waals surface area contributed by atoms with Crippen molar-refractivity contribution in [2.24, 2.45) is 0 Å². The number of rotatable bonds is 1. The predicted octanol–water partition coefficient (Wildman–Crippen LogP) is 0.995. The lowest BCUT2D eigenvalue weighted by atomic mass is 10.2. The number of halogens is 1. The van der Waals surface area contributed by atoms with Gasteiger partial charge in [-0.15, -0.1) is 12.4 Å². The summed E-state index contributed by atoms with van der Waals surface area (Å²) in [6.07, 6.45) is 0. The molecule has 0 saturated carbocycles. The molecule has 1 atom stereocenters. The number of nitrogens with zero attached hydrogens (tertiary/aromatic N) is 2. The van der Waals surface area contributed by atoms with E-state index in [-0.39, 0.29) is 24.4 Å². The molecule has 1 N–H and O–H groups in total. The number of hydrogen-bond acceptors (Lipinski definition) is 3. The average Bonchev–Trinajstić information content (AvgIpc) is 2.68. The van der Waals surface area contributed by atoms with Gasteiger partial charge < -0.3 is 5.32 Å². The molecule has 0 radical (unpaired) electrons. The second-order valence-electron chi connectivity index (χ2n) is 4.78. The Hall–Kier alpha value is -1.10. The van der Waals surface area contributed by atoms with Crippen molar-refractivity contribution in [3.8, 4) is 0 Å². The fraction of sp³-hybridized carbons (Fsp3) is 0.462. The molecule has 18 heavy (non-hydrogen) atoms. The molecule has 2 heterocycles. The number of carbonyl (C=O) groups is 1. The van der Waals surface area contributed by atoms with Gasteiger partial charge in [0.25, 0.3) is 0 Å². The molecule has 1 unspecified atom stereocenters. The van der Waals surface area contributed by atoms with E-state index in [9.17, 15) is 4.79 Å². The summed E-state index contributed by atoms with van der Waals surface area (Å²) in [7, 11) is 0. The standard InChI is InChI=1S/C13H17N3O.ClH/c1-10-3-2-4-11(7-10)16-9-15-6-5-14-8-12(15)13(16)17;/h2-4,7,12,14H,5-6,8-9H2,1H3;1H. The van der Waals surface area contributed by atoms with Gasteiger partial charge in [-0.3, -0.25) is 14.6 Å². The summed E-state index contributed by atoms with van der Waals surface area (Å²) in [6, 6.07) is 8.18. The summed E-state index contributed by atoms with van der Waals surface area (Å²) in [4.78, 5) is 16.4. The van der Waals surface area contributed by atoms with E-state index < -0.39 is 0 Å². The highest BCUT2D eigenvalue weighted by Crippen LogP contribution is 2.24. The molecular weight excluding hydrogens is 250 g/mol. The molecule has 4 nitrogen and oxygen atoms in total. The van der Waals surface area contributed by atoms with Gasteiger partial charge in [0, 0.05) is 25.3 Å². The van der Waals surface area contributed by atoms with Crippen molar-refractivity contribution in [2.75, 3.05) is 31.2 Å². The van der Waals surface area contributed by atoms with Crippen LogP contribution in [-0.2, 0) is 4.79 Å². The van der Waals surface area contributed by atoms with Crippen molar-refractivity contribution in [1.29, 1.82) is 0 Å². The van der Waals surface area contributed by atoms with Gasteiger partial charge in [-0.25, -0.2) is 0 Å². The Labute approximate surface area is 113 Å². The molecule has 2 fully saturated rings. The Morgan fingerprint density at radius 3 is 2.94 bits per heavy atom. The number of carbonyl (C=O) groups excluding carboxylic acids is 1. The molecule has 0 bridgehead atoms. The molecule has 5 heteroatoms. The smallest absolute Gasteiger partial charge is 0.246 e. The average molecular weight is 268 g/mol. The first-order valence-corrected chi connectivity index (χ1v) is 6.08. The molecule has 98 valence electrons. The molecule has 3 rings (SSSR count). The summed E-state index contributed by atoms with van der Waals surface area (Å²) in [5.74, 6) is 0.225. The van der Waals surface area contributed by atoms with Gasteiger partial charge in [0.05, 0.1) is 6.67 Å². The van der Waals surface area contributed by atoms with Crippen LogP contribution in [0.5, 0.6) is 0 Å². The number of anilines is 1. The van der Waals surface area contributed by atoms with Gasteiger partial charge in [-0.1, -0.05) is 12.1 Å². The SMILES string of the molecule is Cc1cccc(N2CN3CCNCC3C2=O)c1.Cl. The van der Waals surface area contributed by atoms with E-state index in [1.807, 2.05) is 17.0 Å². The summed E-state index contributed by atoms with van der Waals surface area (Å²) in [6.45, 7) is 5.50. The molecule has 2 saturated heterocycles. The van der Waals surface area contributed by atoms with E-state index in [1.54, 1.807) is 0 Å². The van der Waals surface area contributed by atoms with Crippen molar-refractivity contribution in [2.45, 2.75) is 13.0 Å². The lowest BCUT2D eigenvalue weighted by Crippen LogP contribution is -2.50. The van der Waals surface area contributed by atoms with Crippen molar-refractivity contribution < 1.29 is 4.79 Å². The molecular formula is C13H18ClN3O. The number of amides is 1. The third kappa shape index (κ3) is 2.23. The second kappa shape index (κ2) is 5.26. The van der Waals surface area contributed by atoms with Crippen molar-refractivity contribution in [3.05, 3.63) is 29.8 Å². The molecule has 1 aromatic rings. The van der Waals surface area contributed by atoms with Crippen LogP contribution < -0.4 is 10.2 Å². The van der Waals surface area contributed by atoms with Gasteiger partial charge in [-0.2, -0.15) is 0 Å². The highest BCUT2D eigenvalue weighted by Gasteiger charge is 2.39. The predicted molar refractivity (Wildman–Crippen MR) is 74.1 cm³/mol. The number of nitrogens with one attached hydrogen (secondary N) is 1. The summed E-state index contributed by atoms with van der Waals surface area (Å²) in [5.41, 5.74) is 2.21. The molecule has 0 aromatic heterocycles.